The van der Waals surface area contributed by atoms with E-state index in [0.717, 1.165) is 68.6 Å². The van der Waals surface area contributed by atoms with Crippen molar-refractivity contribution in [2.24, 2.45) is 5.92 Å². The zero-order chi connectivity index (χ0) is 41.7. The summed E-state index contributed by atoms with van der Waals surface area (Å²) in [5.41, 5.74) is 6.14. The number of benzene rings is 2. The quantitative estimate of drug-likeness (QED) is 0.0469. The fraction of sp³-hybridized carbons (Fsp3) is 0.605. The number of ether oxygens (including phenoxy) is 4. The van der Waals surface area contributed by atoms with Crippen molar-refractivity contribution in [3.05, 3.63) is 53.1 Å². The molecule has 1 aliphatic rings. The van der Waals surface area contributed by atoms with Gasteiger partial charge in [-0.25, -0.2) is 14.1 Å². The lowest BCUT2D eigenvalue weighted by Gasteiger charge is -2.19. The number of aromatic nitrogens is 4. The summed E-state index contributed by atoms with van der Waals surface area (Å²) in [6, 6.07) is 12.7. The fourth-order valence-corrected chi connectivity index (χ4v) is 8.98. The predicted molar refractivity (Wildman–Crippen MR) is 237 cm³/mol. The first-order valence-electron chi connectivity index (χ1n) is 20.8. The van der Waals surface area contributed by atoms with Crippen LogP contribution in [0.15, 0.2) is 30.3 Å². The van der Waals surface area contributed by atoms with Crippen LogP contribution in [0, 0.1) is 11.7 Å². The molecule has 14 heteroatoms. The van der Waals surface area contributed by atoms with Crippen LogP contribution in [-0.2, 0) is 52.0 Å². The predicted octanol–water partition coefficient (Wildman–Crippen LogP) is 10.5. The van der Waals surface area contributed by atoms with Gasteiger partial charge >= 0.3 is 0 Å². The Hall–Kier alpha value is -3.15. The van der Waals surface area contributed by atoms with Crippen LogP contribution in [0.1, 0.15) is 44.1 Å². The normalized spacial score (nSPS) is 13.7. The number of fused-ring (bicyclic) bond motifs is 2. The van der Waals surface area contributed by atoms with Gasteiger partial charge in [0.1, 0.15) is 19.2 Å². The standard InChI is InChI=1S/C43H68FN5O5Si3/c1-13-32-24-40(54-30-53-18-21-57(10,11)12)36(44)25-35(32)33-14-15-34-38(23-33)49(29-52-17-20-56(7,8)9)46-42(34)43-45-37-26-47(41(50)22-31(2)3)27-39(37)48(43)28-51-16-19-55(4,5)6/h14-15,23-25,31H,13,16-22,26-30H2,1-12H3. The van der Waals surface area contributed by atoms with Crippen LogP contribution in [0.3, 0.4) is 0 Å². The molecule has 4 aromatic rings. The largest absolute Gasteiger partial charge is 0.464 e. The van der Waals surface area contributed by atoms with Crippen molar-refractivity contribution in [2.75, 3.05) is 26.6 Å². The Labute approximate surface area is 343 Å². The van der Waals surface area contributed by atoms with Crippen LogP contribution in [0.2, 0.25) is 77.1 Å². The van der Waals surface area contributed by atoms with Gasteiger partial charge in [-0.3, -0.25) is 4.79 Å². The van der Waals surface area contributed by atoms with E-state index in [0.29, 0.717) is 52.5 Å². The van der Waals surface area contributed by atoms with Gasteiger partial charge < -0.3 is 28.4 Å². The summed E-state index contributed by atoms with van der Waals surface area (Å²) in [6.45, 7) is 30.7. The van der Waals surface area contributed by atoms with E-state index >= 15 is 4.39 Å². The van der Waals surface area contributed by atoms with E-state index in [9.17, 15) is 4.79 Å². The molecule has 0 radical (unpaired) electrons. The Kier molecular flexibility index (Phi) is 14.9. The van der Waals surface area contributed by atoms with E-state index in [4.69, 9.17) is 29.0 Å². The van der Waals surface area contributed by atoms with Gasteiger partial charge in [-0.15, -0.1) is 0 Å². The Balaban J connectivity index is 1.52. The summed E-state index contributed by atoms with van der Waals surface area (Å²) in [5.74, 6) is 0.912. The van der Waals surface area contributed by atoms with Crippen molar-refractivity contribution >= 4 is 41.0 Å². The SMILES string of the molecule is CCc1cc(OCOCC[Si](C)(C)C)c(F)cc1-c1ccc2c(-c3nc4c(n3COCC[Si](C)(C)C)CN(C(=O)CC(C)C)C4)nn(COCC[Si](C)(C)C)c2c1. The fourth-order valence-electron chi connectivity index (χ4n) is 6.71. The molecule has 1 aliphatic heterocycles. The van der Waals surface area contributed by atoms with E-state index in [1.54, 1.807) is 12.1 Å². The molecule has 0 spiro atoms. The monoisotopic (exact) mass is 837 g/mol. The lowest BCUT2D eigenvalue weighted by molar-refractivity contribution is -0.132. The van der Waals surface area contributed by atoms with E-state index in [1.807, 2.05) is 15.6 Å². The number of nitrogens with zero attached hydrogens (tertiary/aromatic N) is 5. The van der Waals surface area contributed by atoms with E-state index < -0.39 is 30.0 Å². The van der Waals surface area contributed by atoms with Crippen LogP contribution in [0.25, 0.3) is 33.5 Å². The van der Waals surface area contributed by atoms with Crippen molar-refractivity contribution in [2.45, 2.75) is 137 Å². The molecule has 2 aromatic carbocycles. The third-order valence-electron chi connectivity index (χ3n) is 10.3. The molecule has 0 aliphatic carbocycles. The first-order valence-corrected chi connectivity index (χ1v) is 31.9. The zero-order valence-corrected chi connectivity index (χ0v) is 39.8. The lowest BCUT2D eigenvalue weighted by atomic mass is 9.96. The molecule has 0 atom stereocenters. The third kappa shape index (κ3) is 12.4. The molecule has 314 valence electrons. The Morgan fingerprint density at radius 3 is 2.09 bits per heavy atom. The number of hydrogen-bond donors (Lipinski definition) is 0. The highest BCUT2D eigenvalue weighted by atomic mass is 28.3. The van der Waals surface area contributed by atoms with Crippen molar-refractivity contribution in [3.63, 3.8) is 0 Å². The maximum Gasteiger partial charge on any atom is 0.223 e. The van der Waals surface area contributed by atoms with E-state index in [1.165, 1.54) is 0 Å². The van der Waals surface area contributed by atoms with E-state index in [-0.39, 0.29) is 31.1 Å². The van der Waals surface area contributed by atoms with Gasteiger partial charge in [-0.05, 0) is 71.4 Å². The Morgan fingerprint density at radius 1 is 0.842 bits per heavy atom. The van der Waals surface area contributed by atoms with Crippen molar-refractivity contribution in [1.82, 2.24) is 24.2 Å². The summed E-state index contributed by atoms with van der Waals surface area (Å²) in [7, 11) is -3.85. The number of carbonyl (C=O) groups is 1. The van der Waals surface area contributed by atoms with Crippen molar-refractivity contribution in [1.29, 1.82) is 0 Å². The zero-order valence-electron chi connectivity index (χ0n) is 36.8. The Bertz CT molecular complexity index is 1990. The third-order valence-corrected chi connectivity index (χ3v) is 15.4. The highest BCUT2D eigenvalue weighted by molar-refractivity contribution is 6.76. The second-order valence-electron chi connectivity index (χ2n) is 19.7. The number of carbonyl (C=O) groups excluding carboxylic acids is 1. The lowest BCUT2D eigenvalue weighted by Crippen LogP contribution is -2.27. The highest BCUT2D eigenvalue weighted by Crippen LogP contribution is 2.37. The van der Waals surface area contributed by atoms with E-state index in [2.05, 4.69) is 96.4 Å². The first kappa shape index (κ1) is 44.9. The molecule has 0 bridgehead atoms. The van der Waals surface area contributed by atoms with Gasteiger partial charge in [0.2, 0.25) is 5.91 Å². The van der Waals surface area contributed by atoms with Crippen molar-refractivity contribution in [3.8, 4) is 28.4 Å². The summed E-state index contributed by atoms with van der Waals surface area (Å²) >= 11 is 0. The second-order valence-corrected chi connectivity index (χ2v) is 36.5. The molecule has 0 unspecified atom stereocenters. The smallest absolute Gasteiger partial charge is 0.223 e. The number of hydrogen-bond acceptors (Lipinski definition) is 7. The van der Waals surface area contributed by atoms with Crippen LogP contribution >= 0.6 is 0 Å². The number of amides is 1. The summed E-state index contributed by atoms with van der Waals surface area (Å²) in [4.78, 5) is 20.2. The molecule has 2 aromatic heterocycles. The van der Waals surface area contributed by atoms with Gasteiger partial charge in [-0.2, -0.15) is 5.10 Å². The average molecular weight is 838 g/mol. The van der Waals surface area contributed by atoms with Crippen molar-refractivity contribution < 1.29 is 28.1 Å². The number of halogens is 1. The average Bonchev–Trinajstić information content (AvgIpc) is 3.78. The van der Waals surface area contributed by atoms with Gasteiger partial charge in [0, 0.05) is 55.8 Å². The topological polar surface area (TPSA) is 92.9 Å². The first-order chi connectivity index (χ1) is 26.7. The Morgan fingerprint density at radius 2 is 1.47 bits per heavy atom. The maximum absolute atomic E-state index is 15.7. The highest BCUT2D eigenvalue weighted by Gasteiger charge is 2.32. The van der Waals surface area contributed by atoms with Crippen LogP contribution in [0.4, 0.5) is 4.39 Å². The molecule has 1 amide bonds. The molecule has 57 heavy (non-hydrogen) atoms. The summed E-state index contributed by atoms with van der Waals surface area (Å²) in [6.07, 6.45) is 1.20. The molecule has 0 fully saturated rings. The molecule has 0 N–H and O–H groups in total. The van der Waals surface area contributed by atoms with Gasteiger partial charge in [0.25, 0.3) is 0 Å². The number of imidazole rings is 1. The number of aryl methyl sites for hydroxylation is 1. The van der Waals surface area contributed by atoms with Gasteiger partial charge in [0.05, 0.1) is 30.0 Å². The molecule has 0 saturated heterocycles. The van der Waals surface area contributed by atoms with Gasteiger partial charge in [-0.1, -0.05) is 85.8 Å². The molecular formula is C43H68FN5O5Si3. The minimum Gasteiger partial charge on any atom is -0.464 e. The molecule has 5 rings (SSSR count). The molecular weight excluding hydrogens is 770 g/mol. The maximum atomic E-state index is 15.7. The van der Waals surface area contributed by atoms with Crippen LogP contribution < -0.4 is 4.74 Å². The minimum absolute atomic E-state index is 0.0182. The molecule has 3 heterocycles. The number of rotatable bonds is 21. The van der Waals surface area contributed by atoms with Gasteiger partial charge in [0.15, 0.2) is 24.2 Å². The van der Waals surface area contributed by atoms with Crippen LogP contribution in [-0.4, -0.2) is 81.0 Å². The minimum atomic E-state index is -1.31. The van der Waals surface area contributed by atoms with Crippen LogP contribution in [0.5, 0.6) is 5.75 Å². The summed E-state index contributed by atoms with van der Waals surface area (Å²) < 4.78 is 43.8. The second kappa shape index (κ2) is 18.8. The molecule has 0 saturated carbocycles. The molecule has 10 nitrogen and oxygen atoms in total. The summed E-state index contributed by atoms with van der Waals surface area (Å²) in [5, 5.41) is 6.10.